The summed E-state index contributed by atoms with van der Waals surface area (Å²) in [6.45, 7) is 0.0440. The predicted molar refractivity (Wildman–Crippen MR) is 105 cm³/mol. The lowest BCUT2D eigenvalue weighted by Gasteiger charge is -2.19. The lowest BCUT2D eigenvalue weighted by molar-refractivity contribution is -0.137. The molecule has 3 rings (SSSR count). The highest BCUT2D eigenvalue weighted by molar-refractivity contribution is 7.89. The second-order valence-electron chi connectivity index (χ2n) is 6.58. The number of ether oxygens (including phenoxy) is 1. The largest absolute Gasteiger partial charge is 0.482 e. The third kappa shape index (κ3) is 5.05. The first kappa shape index (κ1) is 22.4. The summed E-state index contributed by atoms with van der Waals surface area (Å²) in [6, 6.07) is 8.45. The number of carbonyl (C=O) groups excluding carboxylic acids is 1. The number of benzene rings is 2. The van der Waals surface area contributed by atoms with E-state index in [1.807, 2.05) is 0 Å². The van der Waals surface area contributed by atoms with E-state index in [1.165, 1.54) is 34.6 Å². The number of alkyl halides is 3. The molecule has 11 heteroatoms. The van der Waals surface area contributed by atoms with Gasteiger partial charge in [-0.1, -0.05) is 23.7 Å². The van der Waals surface area contributed by atoms with Crippen LogP contribution >= 0.6 is 11.6 Å². The molecular weight excluding hydrogens is 445 g/mol. The van der Waals surface area contributed by atoms with Gasteiger partial charge >= 0.3 is 6.18 Å². The van der Waals surface area contributed by atoms with Crippen LogP contribution < -0.4 is 10.1 Å². The highest BCUT2D eigenvalue weighted by Crippen LogP contribution is 2.35. The Balaban J connectivity index is 1.76. The van der Waals surface area contributed by atoms with Crippen LogP contribution in [-0.4, -0.2) is 38.3 Å². The molecule has 1 amide bonds. The summed E-state index contributed by atoms with van der Waals surface area (Å²) in [6.07, 6.45) is -3.17. The minimum Gasteiger partial charge on any atom is -0.482 e. The molecule has 0 saturated carbocycles. The Bertz CT molecular complexity index is 1040. The highest BCUT2D eigenvalue weighted by Gasteiger charge is 2.34. The van der Waals surface area contributed by atoms with E-state index >= 15 is 0 Å². The maximum absolute atomic E-state index is 13.1. The second kappa shape index (κ2) is 8.83. The Morgan fingerprint density at radius 3 is 2.47 bits per heavy atom. The number of carbonyl (C=O) groups is 1. The lowest BCUT2D eigenvalue weighted by atomic mass is 10.1. The highest BCUT2D eigenvalue weighted by atomic mass is 35.5. The summed E-state index contributed by atoms with van der Waals surface area (Å²) in [4.78, 5) is 12.0. The number of anilines is 1. The molecule has 1 heterocycles. The molecule has 162 valence electrons. The summed E-state index contributed by atoms with van der Waals surface area (Å²) >= 11 is 5.94. The molecule has 0 spiro atoms. The smallest absolute Gasteiger partial charge is 0.418 e. The topological polar surface area (TPSA) is 75.7 Å². The predicted octanol–water partition coefficient (Wildman–Crippen LogP) is 4.16. The Morgan fingerprint density at radius 2 is 1.80 bits per heavy atom. The number of hydrogen-bond donors (Lipinski definition) is 1. The molecule has 0 atom stereocenters. The van der Waals surface area contributed by atoms with Crippen molar-refractivity contribution in [3.8, 4) is 5.75 Å². The van der Waals surface area contributed by atoms with Crippen LogP contribution in [0.3, 0.4) is 0 Å². The first-order valence-corrected chi connectivity index (χ1v) is 10.8. The van der Waals surface area contributed by atoms with Crippen molar-refractivity contribution in [1.29, 1.82) is 0 Å². The zero-order valence-corrected chi connectivity index (χ0v) is 17.1. The molecule has 2 aromatic rings. The van der Waals surface area contributed by atoms with Crippen LogP contribution in [0.1, 0.15) is 18.4 Å². The van der Waals surface area contributed by atoms with Gasteiger partial charge in [-0.3, -0.25) is 4.79 Å². The van der Waals surface area contributed by atoms with E-state index in [9.17, 15) is 26.4 Å². The van der Waals surface area contributed by atoms with E-state index in [2.05, 4.69) is 5.32 Å². The summed E-state index contributed by atoms with van der Waals surface area (Å²) in [5, 5.41) is 2.31. The summed E-state index contributed by atoms with van der Waals surface area (Å²) in [7, 11) is -3.88. The van der Waals surface area contributed by atoms with Crippen LogP contribution in [0.2, 0.25) is 5.02 Å². The molecule has 30 heavy (non-hydrogen) atoms. The Labute approximate surface area is 176 Å². The first-order chi connectivity index (χ1) is 14.1. The molecular formula is C19H18ClF3N2O4S. The third-order valence-corrected chi connectivity index (χ3v) is 6.61. The number of sulfonamides is 1. The third-order valence-electron chi connectivity index (χ3n) is 4.45. The SMILES string of the molecule is O=C(COc1ccc(Cl)cc1S(=O)(=O)N1CCCC1)Nc1ccccc1C(F)(F)F. The van der Waals surface area contributed by atoms with Crippen LogP contribution in [-0.2, 0) is 21.0 Å². The van der Waals surface area contributed by atoms with Gasteiger partial charge in [0.05, 0.1) is 11.3 Å². The molecule has 0 aliphatic carbocycles. The van der Waals surface area contributed by atoms with E-state index < -0.39 is 40.0 Å². The zero-order valence-electron chi connectivity index (χ0n) is 15.6. The number of nitrogens with zero attached hydrogens (tertiary/aromatic N) is 1. The quantitative estimate of drug-likeness (QED) is 0.699. The zero-order chi connectivity index (χ0) is 21.9. The van der Waals surface area contributed by atoms with Gasteiger partial charge < -0.3 is 10.1 Å². The summed E-state index contributed by atoms with van der Waals surface area (Å²) in [5.41, 5.74) is -1.42. The van der Waals surface area contributed by atoms with Crippen LogP contribution in [0.25, 0.3) is 0 Å². The van der Waals surface area contributed by atoms with Gasteiger partial charge in [-0.15, -0.1) is 0 Å². The van der Waals surface area contributed by atoms with Crippen molar-refractivity contribution in [3.05, 3.63) is 53.1 Å². The number of nitrogens with one attached hydrogen (secondary N) is 1. The molecule has 0 radical (unpaired) electrons. The van der Waals surface area contributed by atoms with Gasteiger partial charge in [-0.25, -0.2) is 8.42 Å². The normalized spacial score (nSPS) is 15.2. The van der Waals surface area contributed by atoms with Crippen molar-refractivity contribution in [2.75, 3.05) is 25.0 Å². The van der Waals surface area contributed by atoms with Crippen molar-refractivity contribution in [3.63, 3.8) is 0 Å². The van der Waals surface area contributed by atoms with E-state index in [0.717, 1.165) is 25.0 Å². The fourth-order valence-electron chi connectivity index (χ4n) is 3.04. The minimum atomic E-state index is -4.64. The van der Waals surface area contributed by atoms with Crippen molar-refractivity contribution in [2.24, 2.45) is 0 Å². The molecule has 1 fully saturated rings. The molecule has 0 aromatic heterocycles. The van der Waals surface area contributed by atoms with Crippen LogP contribution in [0.4, 0.5) is 18.9 Å². The lowest BCUT2D eigenvalue weighted by Crippen LogP contribution is -2.29. The van der Waals surface area contributed by atoms with Crippen molar-refractivity contribution >= 4 is 33.2 Å². The number of rotatable bonds is 6. The Kier molecular flexibility index (Phi) is 6.59. The number of para-hydroxylation sites is 1. The van der Waals surface area contributed by atoms with Gasteiger partial charge in [0, 0.05) is 18.1 Å². The van der Waals surface area contributed by atoms with E-state index in [1.54, 1.807) is 0 Å². The van der Waals surface area contributed by atoms with Crippen molar-refractivity contribution in [2.45, 2.75) is 23.9 Å². The van der Waals surface area contributed by atoms with Crippen molar-refractivity contribution in [1.82, 2.24) is 4.31 Å². The Morgan fingerprint density at radius 1 is 1.13 bits per heavy atom. The van der Waals surface area contributed by atoms with Crippen LogP contribution in [0.15, 0.2) is 47.4 Å². The van der Waals surface area contributed by atoms with Gasteiger partial charge in [-0.2, -0.15) is 17.5 Å². The number of hydrogen-bond acceptors (Lipinski definition) is 4. The van der Waals surface area contributed by atoms with Gasteiger partial charge in [0.1, 0.15) is 10.6 Å². The molecule has 1 aliphatic heterocycles. The number of halogens is 4. The average molecular weight is 463 g/mol. The van der Waals surface area contributed by atoms with Crippen LogP contribution in [0, 0.1) is 0 Å². The number of amides is 1. The second-order valence-corrected chi connectivity index (χ2v) is 8.93. The molecule has 1 saturated heterocycles. The fourth-order valence-corrected chi connectivity index (χ4v) is 4.95. The molecule has 6 nitrogen and oxygen atoms in total. The van der Waals surface area contributed by atoms with Gasteiger partial charge in [0.2, 0.25) is 10.0 Å². The monoisotopic (exact) mass is 462 g/mol. The minimum absolute atomic E-state index is 0.106. The van der Waals surface area contributed by atoms with E-state index in [-0.39, 0.29) is 15.7 Å². The van der Waals surface area contributed by atoms with Crippen LogP contribution in [0.5, 0.6) is 5.75 Å². The van der Waals surface area contributed by atoms with Gasteiger partial charge in [0.15, 0.2) is 6.61 Å². The van der Waals surface area contributed by atoms with E-state index in [0.29, 0.717) is 13.1 Å². The summed E-state index contributed by atoms with van der Waals surface area (Å²) in [5.74, 6) is -0.975. The van der Waals surface area contributed by atoms with Crippen molar-refractivity contribution < 1.29 is 31.1 Å². The average Bonchev–Trinajstić information content (AvgIpc) is 3.22. The molecule has 0 bridgehead atoms. The maximum atomic E-state index is 13.1. The van der Waals surface area contributed by atoms with Gasteiger partial charge in [-0.05, 0) is 43.2 Å². The molecule has 1 aliphatic rings. The Hall–Kier alpha value is -2.30. The van der Waals surface area contributed by atoms with Gasteiger partial charge in [0.25, 0.3) is 5.91 Å². The standard InChI is InChI=1S/C19H18ClF3N2O4S/c20-13-7-8-16(17(11-13)30(27,28)25-9-3-4-10-25)29-12-18(26)24-15-6-2-1-5-14(15)19(21,22)23/h1-2,5-8,11H,3-4,9-10,12H2,(H,24,26). The first-order valence-electron chi connectivity index (χ1n) is 8.97. The summed E-state index contributed by atoms with van der Waals surface area (Å²) < 4.78 is 71.5. The van der Waals surface area contributed by atoms with E-state index in [4.69, 9.17) is 16.3 Å². The molecule has 2 aromatic carbocycles. The maximum Gasteiger partial charge on any atom is 0.418 e. The fraction of sp³-hybridized carbons (Fsp3) is 0.316. The molecule has 0 unspecified atom stereocenters. The molecule has 1 N–H and O–H groups in total.